The lowest BCUT2D eigenvalue weighted by Crippen LogP contribution is -2.45. The smallest absolute Gasteiger partial charge is 0.247 e. The highest BCUT2D eigenvalue weighted by Gasteiger charge is 2.31. The summed E-state index contributed by atoms with van der Waals surface area (Å²) in [6.45, 7) is 1.95. The molecular weight excluding hydrogens is 278 g/mol. The second-order valence-corrected chi connectivity index (χ2v) is 7.55. The third-order valence-electron chi connectivity index (χ3n) is 3.94. The molecule has 0 aliphatic carbocycles. The number of likely N-dealkylation sites (N-methyl/N-ethyl adjacent to an activating group) is 1. The van der Waals surface area contributed by atoms with Crippen LogP contribution < -0.4 is 0 Å². The summed E-state index contributed by atoms with van der Waals surface area (Å²) in [5.41, 5.74) is 0. The number of carbonyl (C=O) groups is 1. The Morgan fingerprint density at radius 1 is 1.45 bits per heavy atom. The number of hydrogen-bond donors (Lipinski definition) is 0. The van der Waals surface area contributed by atoms with Crippen molar-refractivity contribution in [3.05, 3.63) is 18.5 Å². The average Bonchev–Trinajstić information content (AvgIpc) is 2.92. The van der Waals surface area contributed by atoms with Gasteiger partial charge in [0.25, 0.3) is 0 Å². The third-order valence-corrected chi connectivity index (χ3v) is 5.65. The van der Waals surface area contributed by atoms with Gasteiger partial charge in [-0.1, -0.05) is 6.92 Å². The highest BCUT2D eigenvalue weighted by atomic mass is 32.2. The van der Waals surface area contributed by atoms with E-state index < -0.39 is 9.84 Å². The molecule has 1 atom stereocenters. The van der Waals surface area contributed by atoms with Gasteiger partial charge in [-0.2, -0.15) is 5.10 Å². The Morgan fingerprint density at radius 3 is 2.60 bits per heavy atom. The van der Waals surface area contributed by atoms with E-state index in [1.165, 1.54) is 0 Å². The zero-order valence-electron chi connectivity index (χ0n) is 11.9. The first-order valence-corrected chi connectivity index (χ1v) is 8.73. The molecule has 1 aromatic heterocycles. The van der Waals surface area contributed by atoms with Gasteiger partial charge < -0.3 is 4.90 Å². The van der Waals surface area contributed by atoms with E-state index in [1.54, 1.807) is 35.1 Å². The van der Waals surface area contributed by atoms with Crippen LogP contribution in [0.25, 0.3) is 0 Å². The van der Waals surface area contributed by atoms with Crippen LogP contribution in [0.1, 0.15) is 32.2 Å². The molecular formula is C13H21N3O3S. The fourth-order valence-electron chi connectivity index (χ4n) is 2.62. The molecule has 0 bridgehead atoms. The molecule has 20 heavy (non-hydrogen) atoms. The van der Waals surface area contributed by atoms with E-state index in [0.29, 0.717) is 19.3 Å². The molecule has 1 aromatic rings. The molecule has 112 valence electrons. The maximum absolute atomic E-state index is 12.5. The fourth-order valence-corrected chi connectivity index (χ4v) is 4.09. The van der Waals surface area contributed by atoms with Crippen molar-refractivity contribution < 1.29 is 13.2 Å². The van der Waals surface area contributed by atoms with Crippen LogP contribution in [0.2, 0.25) is 0 Å². The third kappa shape index (κ3) is 3.20. The zero-order valence-corrected chi connectivity index (χ0v) is 12.7. The molecule has 6 nitrogen and oxygen atoms in total. The van der Waals surface area contributed by atoms with E-state index >= 15 is 0 Å². The minimum atomic E-state index is -2.90. The summed E-state index contributed by atoms with van der Waals surface area (Å²) in [6.07, 6.45) is 5.16. The van der Waals surface area contributed by atoms with Crippen LogP contribution in [0.4, 0.5) is 0 Å². The van der Waals surface area contributed by atoms with Gasteiger partial charge in [0.2, 0.25) is 5.91 Å². The van der Waals surface area contributed by atoms with Crippen LogP contribution >= 0.6 is 0 Å². The van der Waals surface area contributed by atoms with E-state index in [4.69, 9.17) is 0 Å². The highest BCUT2D eigenvalue weighted by molar-refractivity contribution is 7.91. The Morgan fingerprint density at radius 2 is 2.10 bits per heavy atom. The van der Waals surface area contributed by atoms with Gasteiger partial charge in [0.05, 0.1) is 11.5 Å². The van der Waals surface area contributed by atoms with E-state index in [1.807, 2.05) is 6.92 Å². The zero-order chi connectivity index (χ0) is 14.8. The Labute approximate surface area is 119 Å². The summed E-state index contributed by atoms with van der Waals surface area (Å²) in [7, 11) is -1.14. The predicted molar refractivity (Wildman–Crippen MR) is 76.0 cm³/mol. The van der Waals surface area contributed by atoms with Crippen molar-refractivity contribution in [1.29, 1.82) is 0 Å². The van der Waals surface area contributed by atoms with Crippen LogP contribution in [0.15, 0.2) is 18.5 Å². The standard InChI is InChI=1S/C13H21N3O3S/c1-3-12(16-8-4-7-14-16)13(17)15(2)11-5-9-20(18,19)10-6-11/h4,7-8,11-12H,3,5-6,9-10H2,1-2H3/t12-/m1/s1. The SMILES string of the molecule is CC[C@H](C(=O)N(C)C1CCS(=O)(=O)CC1)n1cccn1. The van der Waals surface area contributed by atoms with Gasteiger partial charge >= 0.3 is 0 Å². The van der Waals surface area contributed by atoms with Crippen molar-refractivity contribution in [2.24, 2.45) is 0 Å². The molecule has 1 fully saturated rings. The van der Waals surface area contributed by atoms with Crippen LogP contribution in [0, 0.1) is 0 Å². The fraction of sp³-hybridized carbons (Fsp3) is 0.692. The highest BCUT2D eigenvalue weighted by Crippen LogP contribution is 2.21. The molecule has 1 amide bonds. The van der Waals surface area contributed by atoms with E-state index in [2.05, 4.69) is 5.10 Å². The summed E-state index contributed by atoms with van der Waals surface area (Å²) in [4.78, 5) is 14.2. The number of aromatic nitrogens is 2. The second-order valence-electron chi connectivity index (χ2n) is 5.24. The molecule has 0 aromatic carbocycles. The van der Waals surface area contributed by atoms with Crippen molar-refractivity contribution in [1.82, 2.24) is 14.7 Å². The maximum Gasteiger partial charge on any atom is 0.247 e. The van der Waals surface area contributed by atoms with Crippen molar-refractivity contribution in [2.45, 2.75) is 38.3 Å². The summed E-state index contributed by atoms with van der Waals surface area (Å²) in [6, 6.07) is 1.49. The molecule has 1 aliphatic heterocycles. The summed E-state index contributed by atoms with van der Waals surface area (Å²) in [5.74, 6) is 0.349. The summed E-state index contributed by atoms with van der Waals surface area (Å²) < 4.78 is 24.6. The first-order chi connectivity index (χ1) is 9.44. The molecule has 0 saturated carbocycles. The number of carbonyl (C=O) groups excluding carboxylic acids is 1. The number of sulfone groups is 1. The topological polar surface area (TPSA) is 72.3 Å². The summed E-state index contributed by atoms with van der Waals surface area (Å²) >= 11 is 0. The monoisotopic (exact) mass is 299 g/mol. The summed E-state index contributed by atoms with van der Waals surface area (Å²) in [5, 5.41) is 4.13. The van der Waals surface area contributed by atoms with Gasteiger partial charge in [-0.3, -0.25) is 9.48 Å². The van der Waals surface area contributed by atoms with Gasteiger partial charge in [0.15, 0.2) is 0 Å². The molecule has 1 saturated heterocycles. The molecule has 0 radical (unpaired) electrons. The lowest BCUT2D eigenvalue weighted by atomic mass is 10.1. The van der Waals surface area contributed by atoms with Crippen molar-refractivity contribution >= 4 is 15.7 Å². The molecule has 7 heteroatoms. The molecule has 2 heterocycles. The van der Waals surface area contributed by atoms with Crippen LogP contribution in [-0.2, 0) is 14.6 Å². The van der Waals surface area contributed by atoms with Gasteiger partial charge in [-0.25, -0.2) is 8.42 Å². The van der Waals surface area contributed by atoms with Crippen molar-refractivity contribution in [2.75, 3.05) is 18.6 Å². The van der Waals surface area contributed by atoms with Gasteiger partial charge in [-0.15, -0.1) is 0 Å². The first-order valence-electron chi connectivity index (χ1n) is 6.91. The Kier molecular flexibility index (Phi) is 4.47. The quantitative estimate of drug-likeness (QED) is 0.827. The Hall–Kier alpha value is -1.37. The van der Waals surface area contributed by atoms with E-state index in [0.717, 1.165) is 0 Å². The minimum absolute atomic E-state index is 0.000461. The normalized spacial score (nSPS) is 20.5. The van der Waals surface area contributed by atoms with Crippen molar-refractivity contribution in [3.63, 3.8) is 0 Å². The second kappa shape index (κ2) is 5.95. The number of amides is 1. The molecule has 0 unspecified atom stereocenters. The van der Waals surface area contributed by atoms with Crippen LogP contribution in [0.5, 0.6) is 0 Å². The van der Waals surface area contributed by atoms with Crippen LogP contribution in [0.3, 0.4) is 0 Å². The average molecular weight is 299 g/mol. The number of hydrogen-bond acceptors (Lipinski definition) is 4. The predicted octanol–water partition coefficient (Wildman–Crippen LogP) is 0.870. The lowest BCUT2D eigenvalue weighted by molar-refractivity contribution is -0.136. The Balaban J connectivity index is 2.05. The lowest BCUT2D eigenvalue weighted by Gasteiger charge is -2.33. The molecule has 1 aliphatic rings. The van der Waals surface area contributed by atoms with Gasteiger partial charge in [0, 0.05) is 25.5 Å². The van der Waals surface area contributed by atoms with E-state index in [9.17, 15) is 13.2 Å². The largest absolute Gasteiger partial charge is 0.341 e. The number of rotatable bonds is 4. The van der Waals surface area contributed by atoms with E-state index in [-0.39, 0.29) is 29.5 Å². The molecule has 0 N–H and O–H groups in total. The molecule has 2 rings (SSSR count). The molecule has 0 spiro atoms. The maximum atomic E-state index is 12.5. The van der Waals surface area contributed by atoms with Gasteiger partial charge in [-0.05, 0) is 25.3 Å². The minimum Gasteiger partial charge on any atom is -0.341 e. The number of nitrogens with zero attached hydrogens (tertiary/aromatic N) is 3. The van der Waals surface area contributed by atoms with Gasteiger partial charge in [0.1, 0.15) is 15.9 Å². The first kappa shape index (κ1) is 15.0. The Bertz CT molecular complexity index is 539. The van der Waals surface area contributed by atoms with Crippen LogP contribution in [-0.4, -0.2) is 53.6 Å². The van der Waals surface area contributed by atoms with Crippen molar-refractivity contribution in [3.8, 4) is 0 Å².